The lowest BCUT2D eigenvalue weighted by atomic mass is 9.94. The maximum Gasteiger partial charge on any atom is 0.328 e. The molecule has 0 bridgehead atoms. The van der Waals surface area contributed by atoms with Gasteiger partial charge < -0.3 is 9.88 Å². The summed E-state index contributed by atoms with van der Waals surface area (Å²) in [6, 6.07) is 0.192. The molecular weight excluding hydrogens is 246 g/mol. The molecule has 1 aromatic heterocycles. The van der Waals surface area contributed by atoms with Crippen molar-refractivity contribution in [1.29, 1.82) is 0 Å². The molecule has 1 N–H and O–H groups in total. The third-order valence-corrected chi connectivity index (χ3v) is 3.85. The minimum absolute atomic E-state index is 0.0233. The standard InChI is InChI=1S/C13H19N3O3/c1-15(9-6-4-3-5-7-9)11(17)10-8-14-13(19)16(2)12(10)18/h8-9H,3-7H2,1-2H3,(H,14,19). The highest BCUT2D eigenvalue weighted by Gasteiger charge is 2.25. The Morgan fingerprint density at radius 1 is 1.32 bits per heavy atom. The Bertz CT molecular complexity index is 582. The molecule has 0 aliphatic heterocycles. The summed E-state index contributed by atoms with van der Waals surface area (Å²) in [6.07, 6.45) is 6.61. The van der Waals surface area contributed by atoms with Gasteiger partial charge in [0.25, 0.3) is 11.5 Å². The zero-order valence-corrected chi connectivity index (χ0v) is 11.3. The van der Waals surface area contributed by atoms with Crippen molar-refractivity contribution in [2.75, 3.05) is 7.05 Å². The van der Waals surface area contributed by atoms with Crippen LogP contribution in [0, 0.1) is 0 Å². The lowest BCUT2D eigenvalue weighted by Gasteiger charge is -2.31. The van der Waals surface area contributed by atoms with Gasteiger partial charge in [-0.25, -0.2) is 4.79 Å². The van der Waals surface area contributed by atoms with Crippen LogP contribution < -0.4 is 11.2 Å². The number of nitrogens with zero attached hydrogens (tertiary/aromatic N) is 2. The molecule has 104 valence electrons. The molecule has 1 saturated carbocycles. The van der Waals surface area contributed by atoms with Crippen molar-refractivity contribution in [2.24, 2.45) is 7.05 Å². The average molecular weight is 265 g/mol. The van der Waals surface area contributed by atoms with E-state index in [2.05, 4.69) is 4.98 Å². The van der Waals surface area contributed by atoms with Crippen molar-refractivity contribution in [3.8, 4) is 0 Å². The Kier molecular flexibility index (Phi) is 3.87. The van der Waals surface area contributed by atoms with Gasteiger partial charge in [-0.1, -0.05) is 19.3 Å². The number of amides is 1. The molecule has 0 unspecified atom stereocenters. The molecule has 1 aliphatic carbocycles. The number of carbonyl (C=O) groups is 1. The van der Waals surface area contributed by atoms with Gasteiger partial charge in [0, 0.05) is 26.3 Å². The molecule has 0 atom stereocenters. The van der Waals surface area contributed by atoms with E-state index < -0.39 is 11.2 Å². The summed E-state index contributed by atoms with van der Waals surface area (Å²) in [4.78, 5) is 39.5. The van der Waals surface area contributed by atoms with Crippen molar-refractivity contribution < 1.29 is 4.79 Å². The summed E-state index contributed by atoms with van der Waals surface area (Å²) < 4.78 is 0.919. The van der Waals surface area contributed by atoms with Crippen LogP contribution in [0.25, 0.3) is 0 Å². The van der Waals surface area contributed by atoms with E-state index in [1.165, 1.54) is 19.7 Å². The molecule has 0 saturated heterocycles. The van der Waals surface area contributed by atoms with Gasteiger partial charge in [0.2, 0.25) is 0 Å². The molecule has 1 aliphatic rings. The number of aromatic amines is 1. The first-order valence-electron chi connectivity index (χ1n) is 6.58. The second-order valence-corrected chi connectivity index (χ2v) is 5.08. The van der Waals surface area contributed by atoms with Gasteiger partial charge in [-0.15, -0.1) is 0 Å². The predicted octanol–water partition coefficient (Wildman–Crippen LogP) is 0.478. The lowest BCUT2D eigenvalue weighted by Crippen LogP contribution is -2.43. The first-order chi connectivity index (χ1) is 9.02. The molecular formula is C13H19N3O3. The third kappa shape index (κ3) is 2.62. The van der Waals surface area contributed by atoms with Gasteiger partial charge in [-0.05, 0) is 12.8 Å². The van der Waals surface area contributed by atoms with Crippen LogP contribution in [-0.2, 0) is 7.05 Å². The molecule has 1 fully saturated rings. The summed E-state index contributed by atoms with van der Waals surface area (Å²) in [6.45, 7) is 0. The Morgan fingerprint density at radius 2 is 1.95 bits per heavy atom. The molecule has 1 heterocycles. The monoisotopic (exact) mass is 265 g/mol. The van der Waals surface area contributed by atoms with Crippen molar-refractivity contribution in [2.45, 2.75) is 38.1 Å². The average Bonchev–Trinajstić information content (AvgIpc) is 2.44. The summed E-state index contributed by atoms with van der Waals surface area (Å²) in [5.41, 5.74) is -1.03. The SMILES string of the molecule is CN(C(=O)c1c[nH]c(=O)n(C)c1=O)C1CCCCC1. The number of rotatable bonds is 2. The summed E-state index contributed by atoms with van der Waals surface area (Å²) in [5, 5.41) is 0. The Balaban J connectivity index is 2.26. The third-order valence-electron chi connectivity index (χ3n) is 3.85. The van der Waals surface area contributed by atoms with E-state index in [-0.39, 0.29) is 17.5 Å². The smallest absolute Gasteiger partial charge is 0.328 e. The maximum absolute atomic E-state index is 12.3. The van der Waals surface area contributed by atoms with Gasteiger partial charge >= 0.3 is 5.69 Å². The van der Waals surface area contributed by atoms with Crippen molar-refractivity contribution in [3.05, 3.63) is 32.6 Å². The number of nitrogens with one attached hydrogen (secondary N) is 1. The van der Waals surface area contributed by atoms with E-state index >= 15 is 0 Å². The predicted molar refractivity (Wildman–Crippen MR) is 71.3 cm³/mol. The highest BCUT2D eigenvalue weighted by atomic mass is 16.2. The minimum Gasteiger partial charge on any atom is -0.339 e. The van der Waals surface area contributed by atoms with E-state index in [0.717, 1.165) is 30.3 Å². The van der Waals surface area contributed by atoms with Gasteiger partial charge in [0.15, 0.2) is 0 Å². The Labute approximate surface area is 111 Å². The minimum atomic E-state index is -0.545. The van der Waals surface area contributed by atoms with Gasteiger partial charge in [0.05, 0.1) is 0 Å². The molecule has 0 spiro atoms. The van der Waals surface area contributed by atoms with Crippen molar-refractivity contribution in [3.63, 3.8) is 0 Å². The van der Waals surface area contributed by atoms with E-state index in [0.29, 0.717) is 0 Å². The topological polar surface area (TPSA) is 75.2 Å². The fourth-order valence-corrected chi connectivity index (χ4v) is 2.54. The molecule has 1 amide bonds. The molecule has 1 aromatic rings. The van der Waals surface area contributed by atoms with Crippen molar-refractivity contribution in [1.82, 2.24) is 14.5 Å². The van der Waals surface area contributed by atoms with E-state index in [9.17, 15) is 14.4 Å². The van der Waals surface area contributed by atoms with E-state index in [1.807, 2.05) is 0 Å². The number of carbonyl (C=O) groups excluding carboxylic acids is 1. The van der Waals surface area contributed by atoms with Crippen LogP contribution in [0.3, 0.4) is 0 Å². The zero-order chi connectivity index (χ0) is 14.0. The summed E-state index contributed by atoms with van der Waals surface area (Å²) in [7, 11) is 3.08. The van der Waals surface area contributed by atoms with Crippen LogP contribution in [0.1, 0.15) is 42.5 Å². The lowest BCUT2D eigenvalue weighted by molar-refractivity contribution is 0.0693. The van der Waals surface area contributed by atoms with Crippen molar-refractivity contribution >= 4 is 5.91 Å². The fraction of sp³-hybridized carbons (Fsp3) is 0.615. The molecule has 19 heavy (non-hydrogen) atoms. The quantitative estimate of drug-likeness (QED) is 0.845. The Morgan fingerprint density at radius 3 is 2.58 bits per heavy atom. The molecule has 0 radical (unpaired) electrons. The number of H-pyrrole nitrogens is 1. The van der Waals surface area contributed by atoms with E-state index in [4.69, 9.17) is 0 Å². The first-order valence-corrected chi connectivity index (χ1v) is 6.58. The normalized spacial score (nSPS) is 16.3. The summed E-state index contributed by atoms with van der Waals surface area (Å²) in [5.74, 6) is -0.316. The fourth-order valence-electron chi connectivity index (χ4n) is 2.54. The maximum atomic E-state index is 12.3. The van der Waals surface area contributed by atoms with E-state index in [1.54, 1.807) is 11.9 Å². The zero-order valence-electron chi connectivity index (χ0n) is 11.3. The molecule has 6 nitrogen and oxygen atoms in total. The second kappa shape index (κ2) is 5.42. The van der Waals surface area contributed by atoms with Gasteiger partial charge in [0.1, 0.15) is 5.56 Å². The van der Waals surface area contributed by atoms with Crippen LogP contribution in [-0.4, -0.2) is 33.4 Å². The molecule has 0 aromatic carbocycles. The van der Waals surface area contributed by atoms with Crippen LogP contribution >= 0.6 is 0 Å². The number of hydrogen-bond donors (Lipinski definition) is 1. The first kappa shape index (κ1) is 13.6. The van der Waals surface area contributed by atoms with Crippen LogP contribution in [0.15, 0.2) is 15.8 Å². The highest BCUT2D eigenvalue weighted by molar-refractivity contribution is 5.93. The second-order valence-electron chi connectivity index (χ2n) is 5.08. The van der Waals surface area contributed by atoms with Crippen LogP contribution in [0.5, 0.6) is 0 Å². The highest BCUT2D eigenvalue weighted by Crippen LogP contribution is 2.22. The number of aromatic nitrogens is 2. The van der Waals surface area contributed by atoms with Crippen LogP contribution in [0.4, 0.5) is 0 Å². The molecule has 6 heteroatoms. The largest absolute Gasteiger partial charge is 0.339 e. The number of hydrogen-bond acceptors (Lipinski definition) is 3. The Hall–Kier alpha value is -1.85. The van der Waals surface area contributed by atoms with Crippen LogP contribution in [0.2, 0.25) is 0 Å². The van der Waals surface area contributed by atoms with Gasteiger partial charge in [-0.3, -0.25) is 14.2 Å². The molecule has 2 rings (SSSR count). The summed E-state index contributed by atoms with van der Waals surface area (Å²) >= 11 is 0. The van der Waals surface area contributed by atoms with Gasteiger partial charge in [-0.2, -0.15) is 0 Å².